The number of hydrogen-bond acceptors (Lipinski definition) is 4. The zero-order valence-corrected chi connectivity index (χ0v) is 20.2. The second-order valence-electron chi connectivity index (χ2n) is 8.71. The van der Waals surface area contributed by atoms with E-state index in [-0.39, 0.29) is 24.0 Å². The van der Waals surface area contributed by atoms with Crippen LogP contribution in [0.3, 0.4) is 0 Å². The molecule has 1 fully saturated rings. The van der Waals surface area contributed by atoms with Gasteiger partial charge in [-0.1, -0.05) is 24.6 Å². The minimum absolute atomic E-state index is 0. The van der Waals surface area contributed by atoms with Crippen LogP contribution in [-0.4, -0.2) is 24.3 Å². The molecule has 6 heteroatoms. The van der Waals surface area contributed by atoms with Crippen LogP contribution in [0, 0.1) is 5.82 Å². The fourth-order valence-corrected chi connectivity index (χ4v) is 4.47. The Labute approximate surface area is 211 Å². The summed E-state index contributed by atoms with van der Waals surface area (Å²) in [4.78, 5) is 0. The smallest absolute Gasteiger partial charge is 0.143 e. The van der Waals surface area contributed by atoms with Gasteiger partial charge < -0.3 is 19.9 Å². The van der Waals surface area contributed by atoms with E-state index in [1.165, 1.54) is 31.4 Å². The van der Waals surface area contributed by atoms with Crippen LogP contribution >= 0.6 is 12.4 Å². The van der Waals surface area contributed by atoms with Crippen molar-refractivity contribution in [3.63, 3.8) is 0 Å². The number of fused-ring (bicyclic) bond motifs is 1. The Bertz CT molecular complexity index is 1260. The molecule has 4 nitrogen and oxygen atoms in total. The third-order valence-electron chi connectivity index (χ3n) is 6.30. The Morgan fingerprint density at radius 2 is 1.66 bits per heavy atom. The molecular formula is C29H29ClFNO3. The fourth-order valence-electron chi connectivity index (χ4n) is 4.47. The molecule has 1 atom stereocenters. The highest BCUT2D eigenvalue weighted by Crippen LogP contribution is 2.40. The molecule has 0 aromatic heterocycles. The molecule has 0 spiro atoms. The Hall–Kier alpha value is -3.28. The van der Waals surface area contributed by atoms with Gasteiger partial charge in [0, 0.05) is 17.0 Å². The molecule has 4 aromatic carbocycles. The van der Waals surface area contributed by atoms with E-state index >= 15 is 0 Å². The van der Waals surface area contributed by atoms with Gasteiger partial charge in [-0.25, -0.2) is 4.39 Å². The van der Waals surface area contributed by atoms with Gasteiger partial charge in [0.2, 0.25) is 0 Å². The van der Waals surface area contributed by atoms with E-state index in [9.17, 15) is 9.50 Å². The first-order chi connectivity index (χ1) is 16.7. The van der Waals surface area contributed by atoms with Gasteiger partial charge in [-0.05, 0) is 97.4 Å². The van der Waals surface area contributed by atoms with E-state index in [1.54, 1.807) is 24.3 Å². The third-order valence-corrected chi connectivity index (χ3v) is 6.30. The van der Waals surface area contributed by atoms with Gasteiger partial charge in [0.05, 0.1) is 6.61 Å². The quantitative estimate of drug-likeness (QED) is 0.280. The molecule has 4 aromatic rings. The van der Waals surface area contributed by atoms with Crippen molar-refractivity contribution in [1.29, 1.82) is 0 Å². The van der Waals surface area contributed by atoms with Crippen LogP contribution in [-0.2, 0) is 0 Å². The lowest BCUT2D eigenvalue weighted by molar-refractivity contribution is 0.268. The number of benzene rings is 4. The van der Waals surface area contributed by atoms with E-state index in [2.05, 4.69) is 5.32 Å². The van der Waals surface area contributed by atoms with Crippen molar-refractivity contribution in [3.8, 4) is 34.1 Å². The maximum atomic E-state index is 13.5. The summed E-state index contributed by atoms with van der Waals surface area (Å²) in [6.07, 6.45) is 4.77. The number of aromatic hydroxyl groups is 1. The van der Waals surface area contributed by atoms with Crippen molar-refractivity contribution < 1.29 is 19.0 Å². The topological polar surface area (TPSA) is 50.7 Å². The lowest BCUT2D eigenvalue weighted by Gasteiger charge is -2.23. The van der Waals surface area contributed by atoms with Crippen molar-refractivity contribution in [1.82, 2.24) is 5.32 Å². The monoisotopic (exact) mass is 493 g/mol. The van der Waals surface area contributed by atoms with Gasteiger partial charge in [-0.2, -0.15) is 0 Å². The van der Waals surface area contributed by atoms with Crippen LogP contribution in [0.25, 0.3) is 21.9 Å². The Balaban J connectivity index is 0.00000289. The molecule has 2 N–H and O–H groups in total. The summed E-state index contributed by atoms with van der Waals surface area (Å²) < 4.78 is 25.8. The molecule has 0 bridgehead atoms. The van der Waals surface area contributed by atoms with E-state index in [1.807, 2.05) is 42.5 Å². The van der Waals surface area contributed by atoms with Crippen molar-refractivity contribution in [2.75, 3.05) is 13.2 Å². The summed E-state index contributed by atoms with van der Waals surface area (Å²) in [6, 6.07) is 23.6. The number of piperidine rings is 1. The molecule has 1 aliphatic rings. The number of nitrogens with one attached hydrogen (secondary N) is 1. The fraction of sp³-hybridized carbons (Fsp3) is 0.241. The number of halogens is 2. The zero-order chi connectivity index (χ0) is 23.3. The Morgan fingerprint density at radius 1 is 0.886 bits per heavy atom. The first kappa shape index (κ1) is 24.8. The molecule has 5 rings (SSSR count). The molecular weight excluding hydrogens is 465 g/mol. The van der Waals surface area contributed by atoms with Crippen LogP contribution in [0.4, 0.5) is 4.39 Å². The molecule has 1 saturated heterocycles. The van der Waals surface area contributed by atoms with Gasteiger partial charge in [-0.15, -0.1) is 12.4 Å². The highest BCUT2D eigenvalue weighted by molar-refractivity contribution is 5.96. The molecule has 0 amide bonds. The van der Waals surface area contributed by atoms with Crippen LogP contribution in [0.15, 0.2) is 78.9 Å². The summed E-state index contributed by atoms with van der Waals surface area (Å²) >= 11 is 0. The Morgan fingerprint density at radius 3 is 2.40 bits per heavy atom. The average molecular weight is 494 g/mol. The first-order valence-electron chi connectivity index (χ1n) is 11.8. The van der Waals surface area contributed by atoms with E-state index in [0.717, 1.165) is 40.6 Å². The van der Waals surface area contributed by atoms with Crippen LogP contribution in [0.1, 0.15) is 25.7 Å². The number of hydrogen-bond donors (Lipinski definition) is 2. The normalized spacial score (nSPS) is 15.4. The Kier molecular flexibility index (Phi) is 8.11. The lowest BCUT2D eigenvalue weighted by Crippen LogP contribution is -2.35. The maximum absolute atomic E-state index is 13.5. The minimum atomic E-state index is -0.285. The first-order valence-corrected chi connectivity index (χ1v) is 11.8. The van der Waals surface area contributed by atoms with Crippen LogP contribution < -0.4 is 14.8 Å². The van der Waals surface area contributed by atoms with Gasteiger partial charge in [-0.3, -0.25) is 0 Å². The highest BCUT2D eigenvalue weighted by Gasteiger charge is 2.14. The molecule has 1 heterocycles. The van der Waals surface area contributed by atoms with Gasteiger partial charge in [0.1, 0.15) is 28.8 Å². The predicted molar refractivity (Wildman–Crippen MR) is 141 cm³/mol. The van der Waals surface area contributed by atoms with E-state index < -0.39 is 0 Å². The SMILES string of the molecule is Cl.Oc1ccc2c(Oc3ccc(OCCC4CCCCN4)cc3)c(-c3ccc(F)cc3)ccc2c1. The number of phenols is 1. The van der Waals surface area contributed by atoms with Gasteiger partial charge in [0.15, 0.2) is 0 Å². The standard InChI is InChI=1S/C29H28FNO3.ClH/c30-22-7-4-20(5-8-22)27-14-6-21-19-24(32)9-15-28(21)29(27)34-26-12-10-25(11-13-26)33-18-16-23-3-1-2-17-31-23;/h4-15,19,23,31-32H,1-3,16-18H2;1H. The molecule has 35 heavy (non-hydrogen) atoms. The third kappa shape index (κ3) is 6.05. The van der Waals surface area contributed by atoms with E-state index in [4.69, 9.17) is 9.47 Å². The molecule has 1 aliphatic heterocycles. The van der Waals surface area contributed by atoms with Crippen LogP contribution in [0.2, 0.25) is 0 Å². The predicted octanol–water partition coefficient (Wildman–Crippen LogP) is 7.48. The van der Waals surface area contributed by atoms with Crippen molar-refractivity contribution in [2.24, 2.45) is 0 Å². The number of ether oxygens (including phenoxy) is 2. The van der Waals surface area contributed by atoms with Crippen molar-refractivity contribution >= 4 is 23.2 Å². The van der Waals surface area contributed by atoms with Gasteiger partial charge >= 0.3 is 0 Å². The summed E-state index contributed by atoms with van der Waals surface area (Å²) in [5.41, 5.74) is 1.70. The van der Waals surface area contributed by atoms with Crippen molar-refractivity contribution in [2.45, 2.75) is 31.7 Å². The average Bonchev–Trinajstić information content (AvgIpc) is 2.86. The molecule has 0 aliphatic carbocycles. The number of rotatable bonds is 7. The lowest BCUT2D eigenvalue weighted by atomic mass is 9.99. The molecule has 0 radical (unpaired) electrons. The second-order valence-corrected chi connectivity index (χ2v) is 8.71. The summed E-state index contributed by atoms with van der Waals surface area (Å²) in [5, 5.41) is 15.2. The van der Waals surface area contributed by atoms with Crippen LogP contribution in [0.5, 0.6) is 23.0 Å². The number of phenolic OH excluding ortho intramolecular Hbond substituents is 1. The maximum Gasteiger partial charge on any atom is 0.143 e. The van der Waals surface area contributed by atoms with Gasteiger partial charge in [0.25, 0.3) is 0 Å². The molecule has 1 unspecified atom stereocenters. The summed E-state index contributed by atoms with van der Waals surface area (Å²) in [7, 11) is 0. The van der Waals surface area contributed by atoms with E-state index in [0.29, 0.717) is 24.1 Å². The highest BCUT2D eigenvalue weighted by atomic mass is 35.5. The second kappa shape index (κ2) is 11.4. The molecule has 0 saturated carbocycles. The minimum Gasteiger partial charge on any atom is -0.508 e. The summed E-state index contributed by atoms with van der Waals surface area (Å²) in [5.74, 6) is 2.04. The zero-order valence-electron chi connectivity index (χ0n) is 19.4. The van der Waals surface area contributed by atoms with Crippen molar-refractivity contribution in [3.05, 3.63) is 84.7 Å². The summed E-state index contributed by atoms with van der Waals surface area (Å²) in [6.45, 7) is 1.78. The molecule has 182 valence electrons. The largest absolute Gasteiger partial charge is 0.508 e.